The van der Waals surface area contributed by atoms with Crippen molar-refractivity contribution >= 4 is 49.3 Å². The zero-order valence-electron chi connectivity index (χ0n) is 25.8. The first-order chi connectivity index (χ1) is 23.7. The van der Waals surface area contributed by atoms with Crippen LogP contribution in [0.1, 0.15) is 5.56 Å². The summed E-state index contributed by atoms with van der Waals surface area (Å²) in [7, 11) is 0. The van der Waals surface area contributed by atoms with E-state index < -0.39 is 0 Å². The first kappa shape index (κ1) is 27.4. The molecule has 0 spiro atoms. The Hall–Kier alpha value is -6.88. The quantitative estimate of drug-likeness (QED) is 0.183. The maximum Gasteiger partial charge on any atom is 0.189 e. The van der Waals surface area contributed by atoms with Crippen molar-refractivity contribution in [1.29, 1.82) is 5.26 Å². The van der Waals surface area contributed by atoms with Gasteiger partial charge in [-0.25, -0.2) is 4.85 Å². The number of aromatic nitrogens is 2. The van der Waals surface area contributed by atoms with E-state index in [9.17, 15) is 5.26 Å². The fourth-order valence-electron chi connectivity index (χ4n) is 7.27. The van der Waals surface area contributed by atoms with Crippen LogP contribution in [-0.4, -0.2) is 9.13 Å². The number of rotatable bonds is 4. The number of hydrogen-bond donors (Lipinski definition) is 0. The Bertz CT molecular complexity index is 2760. The van der Waals surface area contributed by atoms with E-state index in [0.29, 0.717) is 11.3 Å². The Morgan fingerprint density at radius 3 is 1.73 bits per heavy atom. The molecule has 48 heavy (non-hydrogen) atoms. The summed E-state index contributed by atoms with van der Waals surface area (Å²) in [6, 6.07) is 56.7. The molecular weight excluding hydrogens is 585 g/mol. The van der Waals surface area contributed by atoms with Crippen LogP contribution >= 0.6 is 0 Å². The zero-order chi connectivity index (χ0) is 32.2. The minimum Gasteiger partial charge on any atom is -0.310 e. The van der Waals surface area contributed by atoms with Crippen molar-refractivity contribution < 1.29 is 0 Å². The summed E-state index contributed by atoms with van der Waals surface area (Å²) >= 11 is 0. The lowest BCUT2D eigenvalue weighted by Crippen LogP contribution is -1.97. The molecule has 0 aliphatic rings. The molecule has 0 atom stereocenters. The van der Waals surface area contributed by atoms with Gasteiger partial charge in [-0.05, 0) is 65.2 Å². The molecular formula is C44H26N4. The van der Waals surface area contributed by atoms with Gasteiger partial charge in [0.15, 0.2) is 5.69 Å². The zero-order valence-corrected chi connectivity index (χ0v) is 25.8. The van der Waals surface area contributed by atoms with Crippen LogP contribution < -0.4 is 0 Å². The highest BCUT2D eigenvalue weighted by molar-refractivity contribution is 6.11. The van der Waals surface area contributed by atoms with Gasteiger partial charge >= 0.3 is 0 Å². The van der Waals surface area contributed by atoms with Crippen molar-refractivity contribution in [3.05, 3.63) is 175 Å². The molecule has 222 valence electrons. The molecule has 0 N–H and O–H groups in total. The third-order valence-corrected chi connectivity index (χ3v) is 9.38. The summed E-state index contributed by atoms with van der Waals surface area (Å²) in [6.07, 6.45) is 0. The van der Waals surface area contributed by atoms with Crippen LogP contribution in [0.2, 0.25) is 0 Å². The van der Waals surface area contributed by atoms with Crippen LogP contribution in [0, 0.1) is 17.9 Å². The number of para-hydroxylation sites is 4. The van der Waals surface area contributed by atoms with Crippen molar-refractivity contribution in [2.75, 3.05) is 0 Å². The number of nitriles is 1. The predicted molar refractivity (Wildman–Crippen MR) is 197 cm³/mol. The van der Waals surface area contributed by atoms with Gasteiger partial charge in [-0.3, -0.25) is 0 Å². The molecule has 4 nitrogen and oxygen atoms in total. The molecule has 0 saturated carbocycles. The van der Waals surface area contributed by atoms with Gasteiger partial charge in [0, 0.05) is 38.3 Å². The van der Waals surface area contributed by atoms with Crippen LogP contribution in [0.3, 0.4) is 0 Å². The molecule has 0 bridgehead atoms. The van der Waals surface area contributed by atoms with Crippen LogP contribution in [-0.2, 0) is 0 Å². The van der Waals surface area contributed by atoms with E-state index in [1.807, 2.05) is 18.2 Å². The summed E-state index contributed by atoms with van der Waals surface area (Å²) in [5.74, 6) is 0. The number of nitrogens with zero attached hydrogens (tertiary/aromatic N) is 4. The maximum atomic E-state index is 10.4. The van der Waals surface area contributed by atoms with Crippen molar-refractivity contribution in [3.8, 4) is 39.7 Å². The van der Waals surface area contributed by atoms with E-state index in [4.69, 9.17) is 6.57 Å². The topological polar surface area (TPSA) is 38.0 Å². The molecule has 0 amide bonds. The minimum absolute atomic E-state index is 0.611. The fraction of sp³-hybridized carbons (Fsp3) is 0. The molecule has 0 fully saturated rings. The molecule has 9 aromatic rings. The third-order valence-electron chi connectivity index (χ3n) is 9.38. The minimum atomic E-state index is 0.611. The summed E-state index contributed by atoms with van der Waals surface area (Å²) in [5.41, 5.74) is 11.5. The highest BCUT2D eigenvalue weighted by Crippen LogP contribution is 2.39. The van der Waals surface area contributed by atoms with Gasteiger partial charge in [-0.1, -0.05) is 109 Å². The first-order valence-electron chi connectivity index (χ1n) is 15.9. The number of hydrogen-bond acceptors (Lipinski definition) is 1. The monoisotopic (exact) mass is 610 g/mol. The van der Waals surface area contributed by atoms with Crippen LogP contribution in [0.4, 0.5) is 5.69 Å². The standard InChI is InChI=1S/C44H26N4/c1-46-32-21-23-39-38-16-5-9-20-43(38)48(44(39)27-32)40-17-6-2-13-35(40)30-12-10-11-29(25-30)34-24-22-33(26-31(34)28-45)47-41-18-7-3-14-36(41)37-15-4-8-19-42(37)47/h2-27H. The van der Waals surface area contributed by atoms with Gasteiger partial charge in [-0.15, -0.1) is 0 Å². The van der Waals surface area contributed by atoms with Gasteiger partial charge in [0.05, 0.1) is 40.4 Å². The molecule has 0 saturated heterocycles. The molecule has 7 aromatic carbocycles. The van der Waals surface area contributed by atoms with E-state index in [0.717, 1.165) is 66.5 Å². The van der Waals surface area contributed by atoms with Crippen LogP contribution in [0.25, 0.3) is 82.1 Å². The van der Waals surface area contributed by atoms with Crippen molar-refractivity contribution in [1.82, 2.24) is 9.13 Å². The van der Waals surface area contributed by atoms with E-state index in [1.165, 1.54) is 10.8 Å². The Balaban J connectivity index is 1.20. The largest absolute Gasteiger partial charge is 0.310 e. The molecule has 2 aromatic heterocycles. The summed E-state index contributed by atoms with van der Waals surface area (Å²) in [6.45, 7) is 7.66. The molecule has 4 heteroatoms. The van der Waals surface area contributed by atoms with E-state index in [1.54, 1.807) is 0 Å². The summed E-state index contributed by atoms with van der Waals surface area (Å²) in [5, 5.41) is 15.1. The molecule has 0 radical (unpaired) electrons. The smallest absolute Gasteiger partial charge is 0.189 e. The third kappa shape index (κ3) is 4.14. The van der Waals surface area contributed by atoms with Gasteiger partial charge in [0.25, 0.3) is 0 Å². The molecule has 2 heterocycles. The van der Waals surface area contributed by atoms with Crippen molar-refractivity contribution in [3.63, 3.8) is 0 Å². The second kappa shape index (κ2) is 10.9. The molecule has 0 aliphatic heterocycles. The number of benzene rings is 7. The first-order valence-corrected chi connectivity index (χ1v) is 15.9. The van der Waals surface area contributed by atoms with E-state index in [-0.39, 0.29) is 0 Å². The van der Waals surface area contributed by atoms with E-state index >= 15 is 0 Å². The lowest BCUT2D eigenvalue weighted by Gasteiger charge is -2.15. The molecule has 0 unspecified atom stereocenters. The fourth-order valence-corrected chi connectivity index (χ4v) is 7.27. The average Bonchev–Trinajstić information content (AvgIpc) is 3.67. The van der Waals surface area contributed by atoms with Crippen molar-refractivity contribution in [2.45, 2.75) is 0 Å². The van der Waals surface area contributed by atoms with Gasteiger partial charge < -0.3 is 9.13 Å². The predicted octanol–water partition coefficient (Wildman–Crippen LogP) is 11.6. The Kier molecular flexibility index (Phi) is 6.22. The normalized spacial score (nSPS) is 11.3. The SMILES string of the molecule is [C-]#[N+]c1ccc2c3ccccc3n(-c3ccccc3-c3cccc(-c4ccc(-n5c6ccccc6c6ccccc65)cc4C#N)c3)c2c1. The van der Waals surface area contributed by atoms with Gasteiger partial charge in [-0.2, -0.15) is 5.26 Å². The average molecular weight is 611 g/mol. The Labute approximate surface area is 277 Å². The summed E-state index contributed by atoms with van der Waals surface area (Å²) < 4.78 is 4.51. The molecule has 9 rings (SSSR count). The van der Waals surface area contributed by atoms with Gasteiger partial charge in [0.2, 0.25) is 0 Å². The van der Waals surface area contributed by atoms with Gasteiger partial charge in [0.1, 0.15) is 0 Å². The van der Waals surface area contributed by atoms with Crippen molar-refractivity contribution in [2.24, 2.45) is 0 Å². The Morgan fingerprint density at radius 1 is 0.479 bits per heavy atom. The Morgan fingerprint density at radius 2 is 1.06 bits per heavy atom. The highest BCUT2D eigenvalue weighted by atomic mass is 15.0. The highest BCUT2D eigenvalue weighted by Gasteiger charge is 2.17. The second-order valence-electron chi connectivity index (χ2n) is 12.0. The number of fused-ring (bicyclic) bond motifs is 6. The molecule has 0 aliphatic carbocycles. The van der Waals surface area contributed by atoms with E-state index in [2.05, 4.69) is 160 Å². The second-order valence-corrected chi connectivity index (χ2v) is 12.0. The summed E-state index contributed by atoms with van der Waals surface area (Å²) in [4.78, 5) is 3.73. The lowest BCUT2D eigenvalue weighted by atomic mass is 9.95. The maximum absolute atomic E-state index is 10.4. The van der Waals surface area contributed by atoms with Crippen LogP contribution in [0.15, 0.2) is 158 Å². The van der Waals surface area contributed by atoms with Crippen LogP contribution in [0.5, 0.6) is 0 Å². The lowest BCUT2D eigenvalue weighted by molar-refractivity contribution is 1.18.